The normalized spacial score (nSPS) is 17.8. The van der Waals surface area contributed by atoms with Crippen LogP contribution in [0.25, 0.3) is 0 Å². The largest absolute Gasteiger partial charge is 0.493 e. The van der Waals surface area contributed by atoms with E-state index in [-0.39, 0.29) is 37.1 Å². The zero-order valence-corrected chi connectivity index (χ0v) is 13.0. The monoisotopic (exact) mass is 323 g/mol. The van der Waals surface area contributed by atoms with Crippen LogP contribution in [0.3, 0.4) is 0 Å². The highest BCUT2D eigenvalue weighted by atomic mass is 19.1. The van der Waals surface area contributed by atoms with E-state index in [1.807, 2.05) is 0 Å². The number of carbonyl (C=O) groups excluding carboxylic acids is 1. The number of benzene rings is 1. The molecule has 126 valence electrons. The third kappa shape index (κ3) is 5.88. The molecule has 0 saturated carbocycles. The first-order chi connectivity index (χ1) is 11.0. The number of aliphatic carboxylic acids is 1. The van der Waals surface area contributed by atoms with E-state index in [0.29, 0.717) is 18.7 Å². The zero-order chi connectivity index (χ0) is 16.7. The molecule has 0 radical (unpaired) electrons. The number of carbonyl (C=O) groups is 2. The fourth-order valence-corrected chi connectivity index (χ4v) is 2.80. The maximum atomic E-state index is 12.8. The van der Waals surface area contributed by atoms with Crippen LogP contribution in [0, 0.1) is 11.7 Å². The minimum atomic E-state index is -0.791. The first-order valence-corrected chi connectivity index (χ1v) is 7.92. The Kier molecular flexibility index (Phi) is 6.38. The predicted octanol–water partition coefficient (Wildman–Crippen LogP) is 2.70. The summed E-state index contributed by atoms with van der Waals surface area (Å²) in [5, 5.41) is 8.74. The van der Waals surface area contributed by atoms with Crippen molar-refractivity contribution in [3.63, 3.8) is 0 Å². The van der Waals surface area contributed by atoms with Crippen LogP contribution in [0.1, 0.15) is 32.1 Å². The van der Waals surface area contributed by atoms with Crippen LogP contribution in [0.2, 0.25) is 0 Å². The number of hydrogen-bond acceptors (Lipinski definition) is 3. The Morgan fingerprint density at radius 2 is 2.00 bits per heavy atom. The predicted molar refractivity (Wildman–Crippen MR) is 82.7 cm³/mol. The minimum Gasteiger partial charge on any atom is -0.493 e. The molecule has 1 aromatic carbocycles. The molecule has 23 heavy (non-hydrogen) atoms. The average molecular weight is 323 g/mol. The molecule has 1 N–H and O–H groups in total. The molecular weight excluding hydrogens is 301 g/mol. The second-order valence-corrected chi connectivity index (χ2v) is 5.83. The molecule has 0 bridgehead atoms. The van der Waals surface area contributed by atoms with Gasteiger partial charge in [-0.15, -0.1) is 0 Å². The standard InChI is InChI=1S/C17H22FNO4/c18-14-4-6-15(7-5-14)23-11-9-16(20)19-10-1-2-13(12-19)3-8-17(21)22/h4-7,13H,1-3,8-12H2,(H,21,22)/t13-/m1/s1. The van der Waals surface area contributed by atoms with Gasteiger partial charge in [0, 0.05) is 19.5 Å². The minimum absolute atomic E-state index is 0.0205. The van der Waals surface area contributed by atoms with Crippen molar-refractivity contribution in [1.29, 1.82) is 0 Å². The summed E-state index contributed by atoms with van der Waals surface area (Å²) in [6.07, 6.45) is 2.92. The summed E-state index contributed by atoms with van der Waals surface area (Å²) >= 11 is 0. The molecule has 0 aromatic heterocycles. The van der Waals surface area contributed by atoms with E-state index in [9.17, 15) is 14.0 Å². The maximum Gasteiger partial charge on any atom is 0.303 e. The van der Waals surface area contributed by atoms with Gasteiger partial charge in [-0.2, -0.15) is 0 Å². The third-order valence-corrected chi connectivity index (χ3v) is 4.04. The molecule has 0 unspecified atom stereocenters. The summed E-state index contributed by atoms with van der Waals surface area (Å²) in [4.78, 5) is 24.6. The summed E-state index contributed by atoms with van der Waals surface area (Å²) in [7, 11) is 0. The van der Waals surface area contributed by atoms with Crippen molar-refractivity contribution in [1.82, 2.24) is 4.90 Å². The summed E-state index contributed by atoms with van der Waals surface area (Å²) in [6, 6.07) is 5.69. The zero-order valence-electron chi connectivity index (χ0n) is 13.0. The summed E-state index contributed by atoms with van der Waals surface area (Å²) in [5.41, 5.74) is 0. The van der Waals surface area contributed by atoms with Crippen LogP contribution in [0.5, 0.6) is 5.75 Å². The van der Waals surface area contributed by atoms with E-state index in [1.165, 1.54) is 24.3 Å². The average Bonchev–Trinajstić information content (AvgIpc) is 2.55. The topological polar surface area (TPSA) is 66.8 Å². The molecule has 1 heterocycles. The summed E-state index contributed by atoms with van der Waals surface area (Å²) < 4.78 is 18.2. The van der Waals surface area contributed by atoms with E-state index in [4.69, 9.17) is 9.84 Å². The molecule has 1 fully saturated rings. The highest BCUT2D eigenvalue weighted by Crippen LogP contribution is 2.21. The molecule has 1 atom stereocenters. The van der Waals surface area contributed by atoms with Gasteiger partial charge in [0.15, 0.2) is 0 Å². The van der Waals surface area contributed by atoms with Crippen LogP contribution < -0.4 is 4.74 Å². The van der Waals surface area contributed by atoms with Gasteiger partial charge < -0.3 is 14.7 Å². The molecule has 1 aromatic rings. The highest BCUT2D eigenvalue weighted by Gasteiger charge is 2.23. The fraction of sp³-hybridized carbons (Fsp3) is 0.529. The Balaban J connectivity index is 1.72. The van der Waals surface area contributed by atoms with Gasteiger partial charge in [-0.1, -0.05) is 0 Å². The van der Waals surface area contributed by atoms with Crippen LogP contribution in [-0.2, 0) is 9.59 Å². The number of carboxylic acids is 1. The fourth-order valence-electron chi connectivity index (χ4n) is 2.80. The van der Waals surface area contributed by atoms with Gasteiger partial charge in [-0.05, 0) is 49.4 Å². The Morgan fingerprint density at radius 3 is 2.70 bits per heavy atom. The number of hydrogen-bond donors (Lipinski definition) is 1. The van der Waals surface area contributed by atoms with Crippen LogP contribution in [-0.4, -0.2) is 41.6 Å². The molecule has 1 saturated heterocycles. The first-order valence-electron chi connectivity index (χ1n) is 7.92. The molecule has 2 rings (SSSR count). The van der Waals surface area contributed by atoms with Gasteiger partial charge in [0.25, 0.3) is 0 Å². The molecule has 6 heteroatoms. The van der Waals surface area contributed by atoms with Crippen molar-refractivity contribution < 1.29 is 23.8 Å². The van der Waals surface area contributed by atoms with Gasteiger partial charge in [0.2, 0.25) is 5.91 Å². The summed E-state index contributed by atoms with van der Waals surface area (Å²) in [6.45, 7) is 1.60. The third-order valence-electron chi connectivity index (χ3n) is 4.04. The smallest absolute Gasteiger partial charge is 0.303 e. The van der Waals surface area contributed by atoms with Gasteiger partial charge in [-0.3, -0.25) is 9.59 Å². The molecular formula is C17H22FNO4. The lowest BCUT2D eigenvalue weighted by molar-refractivity contribution is -0.137. The van der Waals surface area contributed by atoms with Crippen molar-refractivity contribution in [3.05, 3.63) is 30.1 Å². The Hall–Kier alpha value is -2.11. The van der Waals surface area contributed by atoms with E-state index in [0.717, 1.165) is 19.4 Å². The van der Waals surface area contributed by atoms with Crippen molar-refractivity contribution >= 4 is 11.9 Å². The lowest BCUT2D eigenvalue weighted by atomic mass is 9.93. The number of rotatable bonds is 7. The van der Waals surface area contributed by atoms with Crippen molar-refractivity contribution in [2.45, 2.75) is 32.1 Å². The number of carboxylic acid groups (broad SMARTS) is 1. The van der Waals surface area contributed by atoms with Gasteiger partial charge >= 0.3 is 5.97 Å². The van der Waals surface area contributed by atoms with Crippen molar-refractivity contribution in [2.24, 2.45) is 5.92 Å². The van der Waals surface area contributed by atoms with Gasteiger partial charge in [0.05, 0.1) is 13.0 Å². The lowest BCUT2D eigenvalue weighted by Crippen LogP contribution is -2.40. The number of likely N-dealkylation sites (tertiary alicyclic amines) is 1. The second-order valence-electron chi connectivity index (χ2n) is 5.83. The van der Waals surface area contributed by atoms with E-state index in [1.54, 1.807) is 4.90 Å². The van der Waals surface area contributed by atoms with Crippen LogP contribution in [0.15, 0.2) is 24.3 Å². The summed E-state index contributed by atoms with van der Waals surface area (Å²) in [5.74, 6) is -0.290. The lowest BCUT2D eigenvalue weighted by Gasteiger charge is -2.32. The first kappa shape index (κ1) is 17.2. The van der Waals surface area contributed by atoms with Crippen LogP contribution >= 0.6 is 0 Å². The van der Waals surface area contributed by atoms with Crippen molar-refractivity contribution in [3.8, 4) is 5.75 Å². The van der Waals surface area contributed by atoms with Crippen LogP contribution in [0.4, 0.5) is 4.39 Å². The molecule has 1 aliphatic rings. The van der Waals surface area contributed by atoms with Gasteiger partial charge in [0.1, 0.15) is 11.6 Å². The van der Waals surface area contributed by atoms with E-state index < -0.39 is 5.97 Å². The number of amides is 1. The molecule has 0 aliphatic carbocycles. The molecule has 5 nitrogen and oxygen atoms in total. The Bertz CT molecular complexity index is 532. The number of ether oxygens (including phenoxy) is 1. The molecule has 1 aliphatic heterocycles. The second kappa shape index (κ2) is 8.50. The Morgan fingerprint density at radius 1 is 1.26 bits per heavy atom. The molecule has 0 spiro atoms. The maximum absolute atomic E-state index is 12.8. The molecule has 1 amide bonds. The van der Waals surface area contributed by atoms with E-state index in [2.05, 4.69) is 0 Å². The Labute approximate surface area is 135 Å². The van der Waals surface area contributed by atoms with Crippen molar-refractivity contribution in [2.75, 3.05) is 19.7 Å². The number of piperidine rings is 1. The SMILES string of the molecule is O=C(O)CC[C@H]1CCCN(C(=O)CCOc2ccc(F)cc2)C1. The van der Waals surface area contributed by atoms with E-state index >= 15 is 0 Å². The quantitative estimate of drug-likeness (QED) is 0.838. The number of nitrogens with zero attached hydrogens (tertiary/aromatic N) is 1. The highest BCUT2D eigenvalue weighted by molar-refractivity contribution is 5.76. The number of halogens is 1. The van der Waals surface area contributed by atoms with Gasteiger partial charge in [-0.25, -0.2) is 4.39 Å².